The number of carbonyl (C=O) groups is 3. The molecule has 0 bridgehead atoms. The molecule has 7 rings (SSSR count). The Labute approximate surface area is 279 Å². The molecule has 248 valence electrons. The Bertz CT molecular complexity index is 1970. The summed E-state index contributed by atoms with van der Waals surface area (Å²) in [6, 6.07) is 12.5. The highest BCUT2D eigenvalue weighted by atomic mass is 32.2. The fourth-order valence-electron chi connectivity index (χ4n) is 6.20. The molecule has 4 aromatic rings. The molecular weight excluding hydrogens is 632 g/mol. The minimum Gasteiger partial charge on any atom is -0.364 e. The van der Waals surface area contributed by atoms with Gasteiger partial charge in [-0.15, -0.1) is 10.2 Å². The van der Waals surface area contributed by atoms with Gasteiger partial charge in [0.25, 0.3) is 11.8 Å². The molecule has 1 aliphatic carbocycles. The van der Waals surface area contributed by atoms with Crippen molar-refractivity contribution in [1.29, 1.82) is 0 Å². The molecule has 2 fully saturated rings. The zero-order valence-electron chi connectivity index (χ0n) is 27.1. The zero-order chi connectivity index (χ0) is 33.7. The molecule has 2 atom stereocenters. The van der Waals surface area contributed by atoms with Crippen LogP contribution in [0.5, 0.6) is 0 Å². The van der Waals surface area contributed by atoms with E-state index in [1.165, 1.54) is 7.05 Å². The largest absolute Gasteiger partial charge is 0.364 e. The summed E-state index contributed by atoms with van der Waals surface area (Å²) in [5.74, 6) is -0.00724. The minimum atomic E-state index is -1.24. The summed E-state index contributed by atoms with van der Waals surface area (Å²) in [7, 11) is 2.30. The van der Waals surface area contributed by atoms with Gasteiger partial charge in [-0.3, -0.25) is 23.3 Å². The number of rotatable bonds is 9. The number of fused-ring (bicyclic) bond motifs is 3. The number of nitrogens with one attached hydrogen (secondary N) is 3. The Balaban J connectivity index is 1.15. The van der Waals surface area contributed by atoms with Crippen molar-refractivity contribution in [3.63, 3.8) is 0 Å². The van der Waals surface area contributed by atoms with Crippen molar-refractivity contribution in [1.82, 2.24) is 35.2 Å². The first-order valence-corrected chi connectivity index (χ1v) is 17.3. The molecule has 1 saturated carbocycles. The molecule has 15 heteroatoms. The number of aromatic nitrogens is 5. The molecule has 0 spiro atoms. The zero-order valence-corrected chi connectivity index (χ0v) is 27.9. The first kappa shape index (κ1) is 31.4. The lowest BCUT2D eigenvalue weighted by Gasteiger charge is -2.42. The molecule has 0 radical (unpaired) electrons. The Kier molecular flexibility index (Phi) is 8.15. The van der Waals surface area contributed by atoms with Crippen molar-refractivity contribution < 1.29 is 18.6 Å². The van der Waals surface area contributed by atoms with Crippen LogP contribution in [-0.2, 0) is 15.6 Å². The molecule has 1 saturated heterocycles. The predicted octanol–water partition coefficient (Wildman–Crippen LogP) is 3.52. The van der Waals surface area contributed by atoms with Gasteiger partial charge in [-0.2, -0.15) is 5.10 Å². The van der Waals surface area contributed by atoms with Crippen LogP contribution in [0.25, 0.3) is 11.1 Å². The molecule has 14 nitrogen and oxygen atoms in total. The van der Waals surface area contributed by atoms with Crippen LogP contribution in [0.4, 0.5) is 22.9 Å². The van der Waals surface area contributed by atoms with E-state index in [1.54, 1.807) is 29.2 Å². The summed E-state index contributed by atoms with van der Waals surface area (Å²) in [6.07, 6.45) is 3.57. The number of likely N-dealkylation sites (tertiary alicyclic amines) is 1. The number of hydrogen-bond acceptors (Lipinski definition) is 10. The van der Waals surface area contributed by atoms with E-state index >= 15 is 0 Å². The van der Waals surface area contributed by atoms with Crippen LogP contribution in [0.1, 0.15) is 65.4 Å². The van der Waals surface area contributed by atoms with Crippen molar-refractivity contribution in [2.75, 3.05) is 48.5 Å². The van der Waals surface area contributed by atoms with Crippen molar-refractivity contribution >= 4 is 51.4 Å². The first-order valence-electron chi connectivity index (χ1n) is 15.9. The fourth-order valence-corrected chi connectivity index (χ4v) is 6.93. The third-order valence-electron chi connectivity index (χ3n) is 9.13. The van der Waals surface area contributed by atoms with Gasteiger partial charge in [0, 0.05) is 56.0 Å². The smallest absolute Gasteiger partial charge is 0.273 e. The number of pyridine rings is 1. The van der Waals surface area contributed by atoms with E-state index in [2.05, 4.69) is 43.0 Å². The molecule has 3 N–H and O–H groups in total. The Morgan fingerprint density at radius 2 is 1.79 bits per heavy atom. The Morgan fingerprint density at radius 1 is 1.02 bits per heavy atom. The van der Waals surface area contributed by atoms with Gasteiger partial charge in [-0.1, -0.05) is 25.1 Å². The Hall–Kier alpha value is -5.18. The third-order valence-corrected chi connectivity index (χ3v) is 10.3. The summed E-state index contributed by atoms with van der Waals surface area (Å²) < 4.78 is 14.3. The van der Waals surface area contributed by atoms with E-state index in [4.69, 9.17) is 5.10 Å². The SMILES string of the molecule is CCS(=O)c1cccc(C(=O)N2CC(n3ncc4c3[C@@H](C)N(C)c3c(Nc5cc(NC(=O)C6CC6)nnc5C(=O)NC)cccc3-4)C2)n1. The molecule has 3 aromatic heterocycles. The van der Waals surface area contributed by atoms with Gasteiger partial charge in [0.15, 0.2) is 11.5 Å². The van der Waals surface area contributed by atoms with Crippen LogP contribution in [-0.4, -0.2) is 84.7 Å². The molecule has 48 heavy (non-hydrogen) atoms. The van der Waals surface area contributed by atoms with E-state index in [9.17, 15) is 18.6 Å². The van der Waals surface area contributed by atoms with Crippen LogP contribution in [0.15, 0.2) is 53.7 Å². The summed E-state index contributed by atoms with van der Waals surface area (Å²) in [6.45, 7) is 4.90. The average molecular weight is 669 g/mol. The Morgan fingerprint density at radius 3 is 2.52 bits per heavy atom. The lowest BCUT2D eigenvalue weighted by molar-refractivity contribution is -0.117. The van der Waals surface area contributed by atoms with E-state index in [-0.39, 0.29) is 41.3 Å². The average Bonchev–Trinajstić information content (AvgIpc) is 3.85. The van der Waals surface area contributed by atoms with Crippen LogP contribution < -0.4 is 20.9 Å². The van der Waals surface area contributed by atoms with Crippen molar-refractivity contribution in [3.8, 4) is 11.1 Å². The summed E-state index contributed by atoms with van der Waals surface area (Å²) in [5, 5.41) is 22.3. The van der Waals surface area contributed by atoms with Gasteiger partial charge in [0.05, 0.1) is 51.8 Å². The normalized spacial score (nSPS) is 17.5. The van der Waals surface area contributed by atoms with Crippen molar-refractivity contribution in [2.45, 2.75) is 43.8 Å². The standard InChI is InChI=1S/C33H36N10O4S/c1-5-48(47)27-11-7-10-24(37-27)33(46)42-16-20(17-42)43-29-18(2)41(4)30-21(22(29)15-35-43)8-6-9-23(30)36-25-14-26(38-31(44)19-12-13-19)39-40-28(25)32(45)34-3/h6-11,14-15,18-20H,5,12-13,16-17H2,1-4H3,(H,34,45)(H2,36,38,39,44)/t18-,48?/m1/s1. The van der Waals surface area contributed by atoms with Crippen LogP contribution >= 0.6 is 0 Å². The molecule has 2 aliphatic heterocycles. The van der Waals surface area contributed by atoms with Gasteiger partial charge < -0.3 is 25.8 Å². The molecule has 1 aromatic carbocycles. The van der Waals surface area contributed by atoms with Gasteiger partial charge >= 0.3 is 0 Å². The van der Waals surface area contributed by atoms with Crippen LogP contribution in [0.2, 0.25) is 0 Å². The molecule has 1 unspecified atom stereocenters. The van der Waals surface area contributed by atoms with E-state index < -0.39 is 16.7 Å². The number of amides is 3. The van der Waals surface area contributed by atoms with Gasteiger partial charge in [0.1, 0.15) is 10.7 Å². The topological polar surface area (TPSA) is 167 Å². The highest BCUT2D eigenvalue weighted by Crippen LogP contribution is 2.49. The molecule has 3 aliphatic rings. The quantitative estimate of drug-likeness (QED) is 0.240. The van der Waals surface area contributed by atoms with Gasteiger partial charge in [0.2, 0.25) is 5.91 Å². The highest BCUT2D eigenvalue weighted by Gasteiger charge is 2.39. The number of benzene rings is 1. The number of hydrogen-bond donors (Lipinski definition) is 3. The third kappa shape index (κ3) is 5.57. The predicted molar refractivity (Wildman–Crippen MR) is 181 cm³/mol. The van der Waals surface area contributed by atoms with E-state index in [0.29, 0.717) is 35.2 Å². The number of para-hydroxylation sites is 1. The maximum Gasteiger partial charge on any atom is 0.273 e. The summed E-state index contributed by atoms with van der Waals surface area (Å²) in [4.78, 5) is 46.6. The van der Waals surface area contributed by atoms with Crippen molar-refractivity contribution in [3.05, 3.63) is 65.7 Å². The maximum atomic E-state index is 13.2. The number of anilines is 4. The van der Waals surface area contributed by atoms with Gasteiger partial charge in [-0.25, -0.2) is 4.98 Å². The second kappa shape index (κ2) is 12.4. The monoisotopic (exact) mass is 668 g/mol. The first-order chi connectivity index (χ1) is 23.2. The molecular formula is C33H36N10O4S. The molecule has 3 amide bonds. The van der Waals surface area contributed by atoms with Crippen molar-refractivity contribution in [2.24, 2.45) is 5.92 Å². The lowest BCUT2D eigenvalue weighted by Crippen LogP contribution is -2.52. The number of carbonyl (C=O) groups excluding carboxylic acids is 3. The van der Waals surface area contributed by atoms with E-state index in [0.717, 1.165) is 41.0 Å². The second-order valence-corrected chi connectivity index (χ2v) is 13.9. The highest BCUT2D eigenvalue weighted by molar-refractivity contribution is 7.84. The van der Waals surface area contributed by atoms with Gasteiger partial charge in [-0.05, 0) is 38.0 Å². The van der Waals surface area contributed by atoms with E-state index in [1.807, 2.05) is 43.0 Å². The summed E-state index contributed by atoms with van der Waals surface area (Å²) >= 11 is 0. The molecule has 5 heterocycles. The van der Waals surface area contributed by atoms with Crippen LogP contribution in [0.3, 0.4) is 0 Å². The number of nitrogens with zero attached hydrogens (tertiary/aromatic N) is 7. The second-order valence-electron chi connectivity index (χ2n) is 12.2. The maximum absolute atomic E-state index is 13.2. The summed E-state index contributed by atoms with van der Waals surface area (Å²) in [5.41, 5.74) is 5.45. The minimum absolute atomic E-state index is 0.00774. The fraction of sp³-hybridized carbons (Fsp3) is 0.364. The van der Waals surface area contributed by atoms with Crippen LogP contribution in [0, 0.1) is 5.92 Å². The lowest BCUT2D eigenvalue weighted by atomic mass is 9.93.